The van der Waals surface area contributed by atoms with Crippen LogP contribution in [0.25, 0.3) is 0 Å². The molecule has 0 aromatic heterocycles. The SMILES string of the molecule is O=CC(C=O)(Cc1ccccc1)c1ccccc1. The Balaban J connectivity index is 2.39. The monoisotopic (exact) mass is 238 g/mol. The van der Waals surface area contributed by atoms with Gasteiger partial charge >= 0.3 is 0 Å². The minimum Gasteiger partial charge on any atom is -0.302 e. The zero-order valence-electron chi connectivity index (χ0n) is 9.95. The second-order valence-corrected chi connectivity index (χ2v) is 4.30. The number of hydrogen-bond donors (Lipinski definition) is 0. The van der Waals surface area contributed by atoms with Crippen LogP contribution in [0, 0.1) is 0 Å². The van der Waals surface area contributed by atoms with E-state index < -0.39 is 5.41 Å². The zero-order valence-corrected chi connectivity index (χ0v) is 9.95. The van der Waals surface area contributed by atoms with Gasteiger partial charge in [-0.25, -0.2) is 0 Å². The topological polar surface area (TPSA) is 34.1 Å². The lowest BCUT2D eigenvalue weighted by Crippen LogP contribution is -2.32. The van der Waals surface area contributed by atoms with E-state index in [2.05, 4.69) is 0 Å². The van der Waals surface area contributed by atoms with E-state index in [1.807, 2.05) is 60.7 Å². The molecule has 2 nitrogen and oxygen atoms in total. The first-order valence-electron chi connectivity index (χ1n) is 5.83. The van der Waals surface area contributed by atoms with Crippen molar-refractivity contribution in [3.8, 4) is 0 Å². The lowest BCUT2D eigenvalue weighted by Gasteiger charge is -2.22. The predicted octanol–water partition coefficient (Wildman–Crippen LogP) is 2.56. The third-order valence-electron chi connectivity index (χ3n) is 3.07. The molecule has 0 amide bonds. The van der Waals surface area contributed by atoms with Gasteiger partial charge in [0.1, 0.15) is 18.0 Å². The molecule has 90 valence electrons. The summed E-state index contributed by atoms with van der Waals surface area (Å²) in [5, 5.41) is 0. The molecule has 2 rings (SSSR count). The van der Waals surface area contributed by atoms with Crippen LogP contribution in [0.15, 0.2) is 60.7 Å². The van der Waals surface area contributed by atoms with E-state index in [1.165, 1.54) is 0 Å². The Hall–Kier alpha value is -2.22. The van der Waals surface area contributed by atoms with Gasteiger partial charge in [0.2, 0.25) is 0 Å². The summed E-state index contributed by atoms with van der Waals surface area (Å²) in [5.74, 6) is 0. The van der Waals surface area contributed by atoms with Crippen LogP contribution in [0.1, 0.15) is 11.1 Å². The molecule has 0 heterocycles. The van der Waals surface area contributed by atoms with E-state index >= 15 is 0 Å². The molecule has 0 unspecified atom stereocenters. The van der Waals surface area contributed by atoms with E-state index in [1.54, 1.807) is 0 Å². The maximum absolute atomic E-state index is 11.4. The van der Waals surface area contributed by atoms with Crippen LogP contribution in [0.5, 0.6) is 0 Å². The maximum Gasteiger partial charge on any atom is 0.138 e. The normalized spacial score (nSPS) is 10.9. The zero-order chi connectivity index (χ0) is 12.8. The number of rotatable bonds is 5. The van der Waals surface area contributed by atoms with Gasteiger partial charge in [-0.1, -0.05) is 60.7 Å². The van der Waals surface area contributed by atoms with Crippen molar-refractivity contribution in [2.45, 2.75) is 11.8 Å². The summed E-state index contributed by atoms with van der Waals surface area (Å²) in [6.07, 6.45) is 1.87. The third-order valence-corrected chi connectivity index (χ3v) is 3.07. The summed E-state index contributed by atoms with van der Waals surface area (Å²) in [7, 11) is 0. The van der Waals surface area contributed by atoms with E-state index in [0.717, 1.165) is 23.7 Å². The van der Waals surface area contributed by atoms with Crippen LogP contribution in [0.3, 0.4) is 0 Å². The highest BCUT2D eigenvalue weighted by atomic mass is 16.1. The van der Waals surface area contributed by atoms with Crippen LogP contribution in [-0.4, -0.2) is 12.6 Å². The number of aldehydes is 2. The van der Waals surface area contributed by atoms with Crippen LogP contribution in [-0.2, 0) is 21.4 Å². The van der Waals surface area contributed by atoms with Crippen molar-refractivity contribution in [3.05, 3.63) is 71.8 Å². The molecule has 2 heteroatoms. The van der Waals surface area contributed by atoms with E-state index in [0.29, 0.717) is 6.42 Å². The van der Waals surface area contributed by atoms with Crippen molar-refractivity contribution >= 4 is 12.6 Å². The average Bonchev–Trinajstić information content (AvgIpc) is 2.47. The van der Waals surface area contributed by atoms with E-state index in [9.17, 15) is 9.59 Å². The van der Waals surface area contributed by atoms with Gasteiger partial charge < -0.3 is 9.59 Å². The van der Waals surface area contributed by atoms with Crippen molar-refractivity contribution in [3.63, 3.8) is 0 Å². The van der Waals surface area contributed by atoms with Crippen molar-refractivity contribution in [2.75, 3.05) is 0 Å². The molecule has 0 aliphatic rings. The van der Waals surface area contributed by atoms with Gasteiger partial charge in [-0.15, -0.1) is 0 Å². The van der Waals surface area contributed by atoms with Gasteiger partial charge in [0.25, 0.3) is 0 Å². The number of carbonyl (C=O) groups excluding carboxylic acids is 2. The second-order valence-electron chi connectivity index (χ2n) is 4.30. The lowest BCUT2D eigenvalue weighted by atomic mass is 9.78. The lowest BCUT2D eigenvalue weighted by molar-refractivity contribution is -0.121. The Kier molecular flexibility index (Phi) is 3.68. The first-order chi connectivity index (χ1) is 8.80. The Bertz CT molecular complexity index is 509. The molecule has 0 N–H and O–H groups in total. The molecule has 0 saturated heterocycles. The smallest absolute Gasteiger partial charge is 0.138 e. The van der Waals surface area contributed by atoms with Gasteiger partial charge in [0.05, 0.1) is 0 Å². The number of carbonyl (C=O) groups is 2. The molecule has 0 aliphatic heterocycles. The summed E-state index contributed by atoms with van der Waals surface area (Å²) in [6.45, 7) is 0. The summed E-state index contributed by atoms with van der Waals surface area (Å²) in [5.41, 5.74) is 0.627. The summed E-state index contributed by atoms with van der Waals surface area (Å²) >= 11 is 0. The van der Waals surface area contributed by atoms with Gasteiger partial charge in [-0.05, 0) is 17.5 Å². The first-order valence-corrected chi connectivity index (χ1v) is 5.83. The quantitative estimate of drug-likeness (QED) is 0.592. The molecular weight excluding hydrogens is 224 g/mol. The third kappa shape index (κ3) is 2.38. The standard InChI is InChI=1S/C16H14O2/c17-12-16(13-18,15-9-5-2-6-10-15)11-14-7-3-1-4-8-14/h1-10,12-13H,11H2. The molecule has 2 aromatic rings. The van der Waals surface area contributed by atoms with E-state index in [-0.39, 0.29) is 0 Å². The van der Waals surface area contributed by atoms with Crippen molar-refractivity contribution in [2.24, 2.45) is 0 Å². The fourth-order valence-electron chi connectivity index (χ4n) is 2.03. The summed E-state index contributed by atoms with van der Waals surface area (Å²) in [6, 6.07) is 18.7. The van der Waals surface area contributed by atoms with Crippen molar-refractivity contribution < 1.29 is 9.59 Å². The molecule has 0 atom stereocenters. The largest absolute Gasteiger partial charge is 0.302 e. The minimum atomic E-state index is -1.08. The molecule has 0 saturated carbocycles. The highest BCUT2D eigenvalue weighted by molar-refractivity contribution is 5.92. The van der Waals surface area contributed by atoms with Crippen LogP contribution in [0.2, 0.25) is 0 Å². The Morgan fingerprint density at radius 1 is 0.778 bits per heavy atom. The highest BCUT2D eigenvalue weighted by Crippen LogP contribution is 2.24. The Morgan fingerprint density at radius 2 is 1.28 bits per heavy atom. The van der Waals surface area contributed by atoms with Crippen LogP contribution >= 0.6 is 0 Å². The maximum atomic E-state index is 11.4. The number of benzene rings is 2. The highest BCUT2D eigenvalue weighted by Gasteiger charge is 2.31. The van der Waals surface area contributed by atoms with E-state index in [4.69, 9.17) is 0 Å². The van der Waals surface area contributed by atoms with Gasteiger partial charge in [0.15, 0.2) is 0 Å². The fourth-order valence-corrected chi connectivity index (χ4v) is 2.03. The van der Waals surface area contributed by atoms with Gasteiger partial charge in [-0.3, -0.25) is 0 Å². The minimum absolute atomic E-state index is 0.394. The molecule has 0 radical (unpaired) electrons. The molecule has 0 spiro atoms. The first kappa shape index (κ1) is 12.2. The fraction of sp³-hybridized carbons (Fsp3) is 0.125. The molecular formula is C16H14O2. The summed E-state index contributed by atoms with van der Waals surface area (Å²) in [4.78, 5) is 22.9. The number of hydrogen-bond acceptors (Lipinski definition) is 2. The molecule has 2 aromatic carbocycles. The Morgan fingerprint density at radius 3 is 1.78 bits per heavy atom. The van der Waals surface area contributed by atoms with Gasteiger partial charge in [0, 0.05) is 0 Å². The van der Waals surface area contributed by atoms with Crippen molar-refractivity contribution in [1.29, 1.82) is 0 Å². The predicted molar refractivity (Wildman–Crippen MR) is 70.4 cm³/mol. The molecule has 0 bridgehead atoms. The molecule has 0 aliphatic carbocycles. The van der Waals surface area contributed by atoms with Crippen LogP contribution in [0.4, 0.5) is 0 Å². The van der Waals surface area contributed by atoms with Crippen LogP contribution < -0.4 is 0 Å². The Labute approximate surface area is 106 Å². The molecule has 18 heavy (non-hydrogen) atoms. The molecule has 0 fully saturated rings. The average molecular weight is 238 g/mol. The van der Waals surface area contributed by atoms with Gasteiger partial charge in [-0.2, -0.15) is 0 Å². The van der Waals surface area contributed by atoms with Crippen molar-refractivity contribution in [1.82, 2.24) is 0 Å². The summed E-state index contributed by atoms with van der Waals surface area (Å²) < 4.78 is 0. The second kappa shape index (κ2) is 5.41.